The predicted octanol–water partition coefficient (Wildman–Crippen LogP) is 3.10. The predicted molar refractivity (Wildman–Crippen MR) is 112 cm³/mol. The van der Waals surface area contributed by atoms with Gasteiger partial charge >= 0.3 is 0 Å². The third kappa shape index (κ3) is 4.97. The van der Waals surface area contributed by atoms with Gasteiger partial charge in [-0.1, -0.05) is 24.6 Å². The highest BCUT2D eigenvalue weighted by molar-refractivity contribution is 7.89. The molecule has 1 aromatic carbocycles. The van der Waals surface area contributed by atoms with Crippen molar-refractivity contribution in [1.82, 2.24) is 10.3 Å². The molecule has 0 amide bonds. The lowest BCUT2D eigenvalue weighted by Gasteiger charge is -2.07. The summed E-state index contributed by atoms with van der Waals surface area (Å²) in [5.41, 5.74) is 3.07. The third-order valence-corrected chi connectivity index (χ3v) is 5.95. The molecule has 0 radical (unpaired) electrons. The average Bonchev–Trinajstić information content (AvgIpc) is 3.09. The van der Waals surface area contributed by atoms with Crippen molar-refractivity contribution in [2.45, 2.75) is 38.3 Å². The van der Waals surface area contributed by atoms with E-state index in [0.29, 0.717) is 30.8 Å². The summed E-state index contributed by atoms with van der Waals surface area (Å²) in [6.45, 7) is 4.71. The van der Waals surface area contributed by atoms with Crippen molar-refractivity contribution in [2.75, 3.05) is 0 Å². The number of furan rings is 1. The fraction of sp³-hybridized carbons (Fsp3) is 0.250. The Bertz CT molecular complexity index is 1200. The number of rotatable bonds is 7. The summed E-state index contributed by atoms with van der Waals surface area (Å²) >= 11 is 6.00. The maximum atomic E-state index is 11.9. The molecule has 7 nitrogen and oxygen atoms in total. The van der Waals surface area contributed by atoms with E-state index in [2.05, 4.69) is 10.3 Å². The number of primary sulfonamides is 1. The highest BCUT2D eigenvalue weighted by Crippen LogP contribution is 2.25. The highest BCUT2D eigenvalue weighted by Gasteiger charge is 2.13. The van der Waals surface area contributed by atoms with Crippen LogP contribution in [-0.4, -0.2) is 13.4 Å². The Morgan fingerprint density at radius 3 is 2.59 bits per heavy atom. The molecule has 2 heterocycles. The molecule has 29 heavy (non-hydrogen) atoms. The Labute approximate surface area is 173 Å². The number of benzene rings is 1. The van der Waals surface area contributed by atoms with Gasteiger partial charge in [-0.2, -0.15) is 0 Å². The molecule has 0 saturated carbocycles. The van der Waals surface area contributed by atoms with Crippen molar-refractivity contribution < 1.29 is 12.8 Å². The van der Waals surface area contributed by atoms with Gasteiger partial charge in [0.05, 0.1) is 11.6 Å². The van der Waals surface area contributed by atoms with Gasteiger partial charge in [-0.3, -0.25) is 4.79 Å². The first-order chi connectivity index (χ1) is 13.7. The van der Waals surface area contributed by atoms with Gasteiger partial charge < -0.3 is 14.7 Å². The number of nitrogens with two attached hydrogens (primary N) is 1. The minimum atomic E-state index is -3.84. The van der Waals surface area contributed by atoms with Crippen molar-refractivity contribution in [3.8, 4) is 11.3 Å². The maximum Gasteiger partial charge on any atom is 0.251 e. The molecule has 0 aliphatic carbocycles. The van der Waals surface area contributed by atoms with E-state index >= 15 is 0 Å². The Balaban J connectivity index is 1.68. The van der Waals surface area contributed by atoms with Gasteiger partial charge in [0.2, 0.25) is 10.0 Å². The number of hydrogen-bond acceptors (Lipinski definition) is 5. The van der Waals surface area contributed by atoms with Crippen molar-refractivity contribution >= 4 is 21.6 Å². The van der Waals surface area contributed by atoms with Crippen molar-refractivity contribution in [2.24, 2.45) is 5.14 Å². The van der Waals surface area contributed by atoms with E-state index in [4.69, 9.17) is 21.2 Å². The lowest BCUT2D eigenvalue weighted by molar-refractivity contribution is 0.493. The van der Waals surface area contributed by atoms with Crippen LogP contribution >= 0.6 is 11.6 Å². The fourth-order valence-corrected chi connectivity index (χ4v) is 4.13. The zero-order valence-electron chi connectivity index (χ0n) is 16.1. The van der Waals surface area contributed by atoms with Gasteiger partial charge in [0.25, 0.3) is 5.56 Å². The Morgan fingerprint density at radius 2 is 1.93 bits per heavy atom. The van der Waals surface area contributed by atoms with Crippen LogP contribution < -0.4 is 16.0 Å². The molecule has 0 aliphatic heterocycles. The number of hydrogen-bond donors (Lipinski definition) is 3. The normalized spacial score (nSPS) is 11.7. The lowest BCUT2D eigenvalue weighted by Crippen LogP contribution is -2.14. The highest BCUT2D eigenvalue weighted by atomic mass is 35.5. The van der Waals surface area contributed by atoms with Crippen molar-refractivity contribution in [1.29, 1.82) is 0 Å². The largest absolute Gasteiger partial charge is 0.460 e. The van der Waals surface area contributed by atoms with Gasteiger partial charge in [0.1, 0.15) is 16.4 Å². The van der Waals surface area contributed by atoms with Crippen LogP contribution in [0.15, 0.2) is 50.5 Å². The number of aryl methyl sites for hydroxylation is 2. The number of aromatic amines is 1. The summed E-state index contributed by atoms with van der Waals surface area (Å²) in [4.78, 5) is 14.6. The lowest BCUT2D eigenvalue weighted by atomic mass is 10.1. The van der Waals surface area contributed by atoms with Gasteiger partial charge in [-0.05, 0) is 49.2 Å². The number of H-pyrrole nitrogens is 1. The van der Waals surface area contributed by atoms with Gasteiger partial charge in [-0.25, -0.2) is 13.6 Å². The first kappa shape index (κ1) is 21.3. The fourth-order valence-electron chi connectivity index (χ4n) is 3.02. The summed E-state index contributed by atoms with van der Waals surface area (Å²) in [6.07, 6.45) is 0.643. The minimum Gasteiger partial charge on any atom is -0.460 e. The van der Waals surface area contributed by atoms with Crippen LogP contribution in [0.25, 0.3) is 11.3 Å². The monoisotopic (exact) mass is 435 g/mol. The Morgan fingerprint density at radius 1 is 1.17 bits per heavy atom. The number of sulfonamides is 1. The molecule has 0 unspecified atom stereocenters. The second-order valence-corrected chi connectivity index (χ2v) is 8.63. The van der Waals surface area contributed by atoms with Gasteiger partial charge in [0.15, 0.2) is 0 Å². The molecular formula is C20H22ClN3O4S. The van der Waals surface area contributed by atoms with Crippen molar-refractivity contribution in [3.05, 3.63) is 74.4 Å². The molecule has 0 bridgehead atoms. The molecule has 0 fully saturated rings. The van der Waals surface area contributed by atoms with E-state index in [9.17, 15) is 13.2 Å². The number of pyridine rings is 1. The standard InChI is InChI=1S/C20H22ClN3O4S/c1-3-14-9-16(12(2)24-20(14)25)18-6-5-15(28-18)11-23-10-13-4-7-19(17(21)8-13)29(22,26)27/h4-9,23H,3,10-11H2,1-2H3,(H,24,25)(H2,22,26,27). The number of nitrogens with one attached hydrogen (secondary N) is 2. The smallest absolute Gasteiger partial charge is 0.251 e. The third-order valence-electron chi connectivity index (χ3n) is 4.55. The molecule has 3 aromatic rings. The summed E-state index contributed by atoms with van der Waals surface area (Å²) < 4.78 is 28.7. The molecule has 4 N–H and O–H groups in total. The molecule has 0 aliphatic rings. The van der Waals surface area contributed by atoms with E-state index in [1.54, 1.807) is 12.1 Å². The Hall–Kier alpha value is -2.39. The number of halogens is 1. The van der Waals surface area contributed by atoms with E-state index in [1.807, 2.05) is 32.0 Å². The minimum absolute atomic E-state index is 0.0747. The molecule has 9 heteroatoms. The van der Waals surface area contributed by atoms with E-state index in [-0.39, 0.29) is 15.5 Å². The van der Waals surface area contributed by atoms with Crippen LogP contribution in [0, 0.1) is 6.92 Å². The first-order valence-electron chi connectivity index (χ1n) is 9.03. The molecular weight excluding hydrogens is 414 g/mol. The topological polar surface area (TPSA) is 118 Å². The average molecular weight is 436 g/mol. The van der Waals surface area contributed by atoms with E-state index in [1.165, 1.54) is 6.07 Å². The van der Waals surface area contributed by atoms with E-state index < -0.39 is 10.0 Å². The summed E-state index contributed by atoms with van der Waals surface area (Å²) in [6, 6.07) is 10.2. The van der Waals surface area contributed by atoms with Crippen molar-refractivity contribution in [3.63, 3.8) is 0 Å². The van der Waals surface area contributed by atoms with Crippen LogP contribution in [0.3, 0.4) is 0 Å². The first-order valence-corrected chi connectivity index (χ1v) is 10.9. The molecule has 0 spiro atoms. The zero-order valence-corrected chi connectivity index (χ0v) is 17.7. The van der Waals surface area contributed by atoms with Crippen LogP contribution in [0.5, 0.6) is 0 Å². The molecule has 0 saturated heterocycles. The van der Waals surface area contributed by atoms with Crippen LogP contribution in [0.4, 0.5) is 0 Å². The Kier molecular flexibility index (Phi) is 6.28. The summed E-state index contributed by atoms with van der Waals surface area (Å²) in [5.74, 6) is 1.42. The number of aromatic nitrogens is 1. The van der Waals surface area contributed by atoms with Gasteiger partial charge in [0, 0.05) is 23.4 Å². The summed E-state index contributed by atoms with van der Waals surface area (Å²) in [7, 11) is -3.84. The second kappa shape index (κ2) is 8.54. The SMILES string of the molecule is CCc1cc(-c2ccc(CNCc3ccc(S(N)(=O)=O)c(Cl)c3)o2)c(C)[nH]c1=O. The molecule has 154 valence electrons. The van der Waals surface area contributed by atoms with Crippen LogP contribution in [-0.2, 0) is 29.5 Å². The molecule has 2 aromatic heterocycles. The summed E-state index contributed by atoms with van der Waals surface area (Å²) in [5, 5.41) is 8.43. The van der Waals surface area contributed by atoms with Crippen LogP contribution in [0.1, 0.15) is 29.5 Å². The maximum absolute atomic E-state index is 11.9. The van der Waals surface area contributed by atoms with Crippen LogP contribution in [0.2, 0.25) is 5.02 Å². The quantitative estimate of drug-likeness (QED) is 0.527. The second-order valence-electron chi connectivity index (χ2n) is 6.70. The van der Waals surface area contributed by atoms with E-state index in [0.717, 1.165) is 22.6 Å². The molecule has 0 atom stereocenters. The molecule has 3 rings (SSSR count). The zero-order chi connectivity index (χ0) is 21.2. The van der Waals surface area contributed by atoms with Gasteiger partial charge in [-0.15, -0.1) is 0 Å².